The quantitative estimate of drug-likeness (QED) is 0.620. The van der Waals surface area contributed by atoms with Gasteiger partial charge >= 0.3 is 5.97 Å². The van der Waals surface area contributed by atoms with Gasteiger partial charge in [-0.1, -0.05) is 11.6 Å². The van der Waals surface area contributed by atoms with Crippen molar-refractivity contribution in [2.24, 2.45) is 0 Å². The second-order valence-electron chi connectivity index (χ2n) is 2.66. The van der Waals surface area contributed by atoms with Gasteiger partial charge in [-0.05, 0) is 12.1 Å². The van der Waals surface area contributed by atoms with Crippen LogP contribution >= 0.6 is 11.6 Å². The molecule has 6 heteroatoms. The van der Waals surface area contributed by atoms with Crippen LogP contribution in [0.4, 0.5) is 0 Å². The van der Waals surface area contributed by atoms with E-state index < -0.39 is 12.1 Å². The Bertz CT molecular complexity index is 369. The molecule has 0 saturated heterocycles. The molecule has 0 aliphatic carbocycles. The molecule has 0 bridgehead atoms. The maximum atomic E-state index is 11.1. The van der Waals surface area contributed by atoms with Crippen LogP contribution in [-0.2, 0) is 9.53 Å². The first kappa shape index (κ1) is 11.7. The summed E-state index contributed by atoms with van der Waals surface area (Å²) in [7, 11) is 2.55. The first-order valence-electron chi connectivity index (χ1n) is 4.06. The molecule has 1 heterocycles. The molecule has 5 nitrogen and oxygen atoms in total. The molecule has 1 N–H and O–H groups in total. The first-order chi connectivity index (χ1) is 7.10. The third-order valence-electron chi connectivity index (χ3n) is 1.77. The topological polar surface area (TPSA) is 68.7 Å². The van der Waals surface area contributed by atoms with Gasteiger partial charge in [0.15, 0.2) is 6.10 Å². The van der Waals surface area contributed by atoms with Crippen LogP contribution in [0.15, 0.2) is 12.1 Å². The van der Waals surface area contributed by atoms with Crippen molar-refractivity contribution < 1.29 is 19.4 Å². The Morgan fingerprint density at radius 1 is 1.53 bits per heavy atom. The largest absolute Gasteiger partial charge is 0.481 e. The van der Waals surface area contributed by atoms with E-state index in [0.717, 1.165) is 0 Å². The molecule has 0 fully saturated rings. The van der Waals surface area contributed by atoms with E-state index in [4.69, 9.17) is 16.3 Å². The van der Waals surface area contributed by atoms with Crippen molar-refractivity contribution in [3.05, 3.63) is 22.8 Å². The maximum Gasteiger partial charge on any atom is 0.339 e. The number of halogens is 1. The Labute approximate surface area is 91.6 Å². The summed E-state index contributed by atoms with van der Waals surface area (Å²) in [6.07, 6.45) is -1.42. The summed E-state index contributed by atoms with van der Waals surface area (Å²) in [5.74, 6) is -0.683. The summed E-state index contributed by atoms with van der Waals surface area (Å²) in [5, 5.41) is 9.77. The Hall–Kier alpha value is -1.33. The van der Waals surface area contributed by atoms with E-state index in [1.165, 1.54) is 26.4 Å². The number of nitrogens with zero attached hydrogens (tertiary/aromatic N) is 1. The molecule has 82 valence electrons. The molecule has 1 unspecified atom stereocenters. The maximum absolute atomic E-state index is 11.1. The molecule has 1 rings (SSSR count). The van der Waals surface area contributed by atoms with Crippen molar-refractivity contribution >= 4 is 17.6 Å². The number of aliphatic hydroxyl groups excluding tert-OH is 1. The Balaban J connectivity index is 3.07. The fourth-order valence-corrected chi connectivity index (χ4v) is 1.18. The van der Waals surface area contributed by atoms with Crippen LogP contribution in [0.3, 0.4) is 0 Å². The number of aliphatic hydroxyl groups is 1. The van der Waals surface area contributed by atoms with Crippen LogP contribution in [-0.4, -0.2) is 30.3 Å². The predicted molar refractivity (Wildman–Crippen MR) is 52.8 cm³/mol. The first-order valence-corrected chi connectivity index (χ1v) is 4.44. The number of carbonyl (C=O) groups is 1. The summed E-state index contributed by atoms with van der Waals surface area (Å²) < 4.78 is 9.27. The molecule has 0 aromatic carbocycles. The van der Waals surface area contributed by atoms with E-state index in [2.05, 4.69) is 9.72 Å². The fourth-order valence-electron chi connectivity index (χ4n) is 1.04. The van der Waals surface area contributed by atoms with Crippen LogP contribution in [0, 0.1) is 0 Å². The zero-order valence-corrected chi connectivity index (χ0v) is 8.99. The highest BCUT2D eigenvalue weighted by atomic mass is 35.5. The Morgan fingerprint density at radius 3 is 2.73 bits per heavy atom. The third-order valence-corrected chi connectivity index (χ3v) is 1.98. The summed E-state index contributed by atoms with van der Waals surface area (Å²) in [6, 6.07) is 2.90. The van der Waals surface area contributed by atoms with E-state index in [1.54, 1.807) is 0 Å². The number of pyridine rings is 1. The lowest BCUT2D eigenvalue weighted by Crippen LogP contribution is -2.14. The Kier molecular flexibility index (Phi) is 3.88. The molecule has 0 amide bonds. The number of carbonyl (C=O) groups excluding carboxylic acids is 1. The normalized spacial score (nSPS) is 12.0. The van der Waals surface area contributed by atoms with Crippen LogP contribution in [0.25, 0.3) is 0 Å². The number of hydrogen-bond donors (Lipinski definition) is 1. The average molecular weight is 232 g/mol. The second-order valence-corrected chi connectivity index (χ2v) is 3.05. The summed E-state index contributed by atoms with van der Waals surface area (Å²) in [6.45, 7) is 0. The van der Waals surface area contributed by atoms with Crippen molar-refractivity contribution in [1.82, 2.24) is 4.98 Å². The van der Waals surface area contributed by atoms with Crippen molar-refractivity contribution in [2.75, 3.05) is 14.2 Å². The minimum Gasteiger partial charge on any atom is -0.481 e. The van der Waals surface area contributed by atoms with E-state index in [1.807, 2.05) is 0 Å². The lowest BCUT2D eigenvalue weighted by Gasteiger charge is -2.11. The highest BCUT2D eigenvalue weighted by Gasteiger charge is 2.22. The summed E-state index contributed by atoms with van der Waals surface area (Å²) in [4.78, 5) is 14.9. The molecule has 0 aliphatic heterocycles. The second kappa shape index (κ2) is 4.95. The number of rotatable bonds is 3. The number of hydrogen-bond acceptors (Lipinski definition) is 5. The number of esters is 1. The smallest absolute Gasteiger partial charge is 0.339 e. The van der Waals surface area contributed by atoms with Gasteiger partial charge in [0.1, 0.15) is 5.15 Å². The van der Waals surface area contributed by atoms with Crippen LogP contribution in [0.5, 0.6) is 5.88 Å². The van der Waals surface area contributed by atoms with Crippen molar-refractivity contribution in [3.63, 3.8) is 0 Å². The summed E-state index contributed by atoms with van der Waals surface area (Å²) >= 11 is 5.62. The third kappa shape index (κ3) is 2.57. The average Bonchev–Trinajstić information content (AvgIpc) is 2.26. The van der Waals surface area contributed by atoms with Crippen LogP contribution in [0.1, 0.15) is 11.7 Å². The summed E-state index contributed by atoms with van der Waals surface area (Å²) in [5.41, 5.74) is 0.216. The van der Waals surface area contributed by atoms with Gasteiger partial charge in [0, 0.05) is 0 Å². The molecule has 1 aromatic rings. The van der Waals surface area contributed by atoms with Gasteiger partial charge in [-0.2, -0.15) is 0 Å². The molecule has 0 saturated carbocycles. The zero-order chi connectivity index (χ0) is 11.4. The van der Waals surface area contributed by atoms with Gasteiger partial charge in [-0.25, -0.2) is 9.78 Å². The van der Waals surface area contributed by atoms with Crippen molar-refractivity contribution in [1.29, 1.82) is 0 Å². The number of methoxy groups -OCH3 is 2. The minimum absolute atomic E-state index is 0.0976. The SMILES string of the molecule is COC(=O)C(O)c1ccc(Cl)nc1OC. The zero-order valence-electron chi connectivity index (χ0n) is 8.23. The lowest BCUT2D eigenvalue weighted by molar-refractivity contribution is -0.150. The molecule has 0 radical (unpaired) electrons. The van der Waals surface area contributed by atoms with Gasteiger partial charge in [-0.3, -0.25) is 0 Å². The molecule has 0 aliphatic rings. The van der Waals surface area contributed by atoms with E-state index in [0.29, 0.717) is 0 Å². The standard InChI is InChI=1S/C9H10ClNO4/c1-14-8-5(3-4-6(10)11-8)7(12)9(13)15-2/h3-4,7,12H,1-2H3. The van der Waals surface area contributed by atoms with E-state index in [9.17, 15) is 9.90 Å². The monoisotopic (exact) mass is 231 g/mol. The number of aromatic nitrogens is 1. The molecular formula is C9H10ClNO4. The van der Waals surface area contributed by atoms with Crippen molar-refractivity contribution in [3.8, 4) is 5.88 Å². The van der Waals surface area contributed by atoms with Gasteiger partial charge in [0.25, 0.3) is 0 Å². The van der Waals surface area contributed by atoms with Gasteiger partial charge < -0.3 is 14.6 Å². The van der Waals surface area contributed by atoms with Crippen molar-refractivity contribution in [2.45, 2.75) is 6.10 Å². The van der Waals surface area contributed by atoms with Gasteiger partial charge in [0.05, 0.1) is 19.8 Å². The molecule has 1 atom stereocenters. The highest BCUT2D eigenvalue weighted by Crippen LogP contribution is 2.25. The van der Waals surface area contributed by atoms with E-state index in [-0.39, 0.29) is 16.6 Å². The molecule has 0 spiro atoms. The molecule has 15 heavy (non-hydrogen) atoms. The lowest BCUT2D eigenvalue weighted by atomic mass is 10.1. The number of ether oxygens (including phenoxy) is 2. The Morgan fingerprint density at radius 2 is 2.20 bits per heavy atom. The van der Waals surface area contributed by atoms with Crippen LogP contribution < -0.4 is 4.74 Å². The van der Waals surface area contributed by atoms with Crippen LogP contribution in [0.2, 0.25) is 5.15 Å². The van der Waals surface area contributed by atoms with E-state index >= 15 is 0 Å². The highest BCUT2D eigenvalue weighted by molar-refractivity contribution is 6.29. The van der Waals surface area contributed by atoms with Gasteiger partial charge in [-0.15, -0.1) is 0 Å². The molecule has 1 aromatic heterocycles. The fraction of sp³-hybridized carbons (Fsp3) is 0.333. The predicted octanol–water partition coefficient (Wildman–Crippen LogP) is 0.950. The minimum atomic E-state index is -1.42. The molecular weight excluding hydrogens is 222 g/mol. The van der Waals surface area contributed by atoms with Gasteiger partial charge in [0.2, 0.25) is 5.88 Å².